The number of methoxy groups -OCH3 is 1. The zero-order valence-corrected chi connectivity index (χ0v) is 9.14. The standard InChI is InChI=1S/C12H14O4/c1-14-10-3-2-9(7-13)12(6-10)16-11-4-5-15-8-11/h2-3,6-7,11H,4-5,8H2,1H3/t11-/m0/s1. The molecule has 0 spiro atoms. The Morgan fingerprint density at radius 1 is 1.50 bits per heavy atom. The minimum Gasteiger partial charge on any atom is -0.497 e. The highest BCUT2D eigenvalue weighted by molar-refractivity contribution is 5.79. The summed E-state index contributed by atoms with van der Waals surface area (Å²) in [5.41, 5.74) is 0.535. The smallest absolute Gasteiger partial charge is 0.153 e. The lowest BCUT2D eigenvalue weighted by Gasteiger charge is -2.14. The maximum absolute atomic E-state index is 10.8. The van der Waals surface area contributed by atoms with Crippen molar-refractivity contribution in [3.63, 3.8) is 0 Å². The summed E-state index contributed by atoms with van der Waals surface area (Å²) in [6, 6.07) is 5.15. The first-order valence-corrected chi connectivity index (χ1v) is 5.21. The molecule has 4 heteroatoms. The normalized spacial score (nSPS) is 19.4. The fourth-order valence-electron chi connectivity index (χ4n) is 1.63. The third kappa shape index (κ3) is 2.33. The second kappa shape index (κ2) is 4.99. The molecule has 1 aromatic rings. The average Bonchev–Trinajstić information content (AvgIpc) is 2.82. The number of ether oxygens (including phenoxy) is 3. The van der Waals surface area contributed by atoms with Crippen molar-refractivity contribution in [1.82, 2.24) is 0 Å². The van der Waals surface area contributed by atoms with Gasteiger partial charge in [0.1, 0.15) is 17.6 Å². The minimum atomic E-state index is 0.0332. The molecule has 1 aromatic carbocycles. The molecule has 0 aromatic heterocycles. The van der Waals surface area contributed by atoms with Gasteiger partial charge in [0.05, 0.1) is 25.9 Å². The highest BCUT2D eigenvalue weighted by Crippen LogP contribution is 2.25. The van der Waals surface area contributed by atoms with Crippen LogP contribution in [-0.4, -0.2) is 32.7 Å². The van der Waals surface area contributed by atoms with Gasteiger partial charge in [0.25, 0.3) is 0 Å². The van der Waals surface area contributed by atoms with Crippen LogP contribution in [0.5, 0.6) is 11.5 Å². The molecule has 4 nitrogen and oxygen atoms in total. The van der Waals surface area contributed by atoms with E-state index in [4.69, 9.17) is 14.2 Å². The Bertz CT molecular complexity index is 369. The number of aldehydes is 1. The number of hydrogen-bond acceptors (Lipinski definition) is 4. The van der Waals surface area contributed by atoms with Crippen LogP contribution in [0, 0.1) is 0 Å². The Morgan fingerprint density at radius 3 is 3.00 bits per heavy atom. The molecule has 16 heavy (non-hydrogen) atoms. The molecule has 0 unspecified atom stereocenters. The molecule has 86 valence electrons. The minimum absolute atomic E-state index is 0.0332. The van der Waals surface area contributed by atoms with E-state index in [0.29, 0.717) is 30.3 Å². The summed E-state index contributed by atoms with van der Waals surface area (Å²) in [4.78, 5) is 10.8. The summed E-state index contributed by atoms with van der Waals surface area (Å²) in [6.07, 6.45) is 1.67. The van der Waals surface area contributed by atoms with Crippen LogP contribution >= 0.6 is 0 Å². The predicted molar refractivity (Wildman–Crippen MR) is 58.2 cm³/mol. The van der Waals surface area contributed by atoms with Gasteiger partial charge in [0, 0.05) is 12.5 Å². The molecule has 0 aliphatic carbocycles. The second-order valence-electron chi connectivity index (χ2n) is 3.63. The summed E-state index contributed by atoms with van der Waals surface area (Å²) >= 11 is 0. The fraction of sp³-hybridized carbons (Fsp3) is 0.417. The summed E-state index contributed by atoms with van der Waals surface area (Å²) in [5.74, 6) is 1.24. The third-order valence-electron chi connectivity index (χ3n) is 2.53. The fourth-order valence-corrected chi connectivity index (χ4v) is 1.63. The zero-order chi connectivity index (χ0) is 11.4. The second-order valence-corrected chi connectivity index (χ2v) is 3.63. The van der Waals surface area contributed by atoms with Crippen molar-refractivity contribution in [2.24, 2.45) is 0 Å². The van der Waals surface area contributed by atoms with Gasteiger partial charge in [-0.05, 0) is 12.1 Å². The Morgan fingerprint density at radius 2 is 2.38 bits per heavy atom. The van der Waals surface area contributed by atoms with E-state index < -0.39 is 0 Å². The van der Waals surface area contributed by atoms with Gasteiger partial charge < -0.3 is 14.2 Å². The van der Waals surface area contributed by atoms with E-state index in [-0.39, 0.29) is 6.10 Å². The van der Waals surface area contributed by atoms with Gasteiger partial charge in [-0.15, -0.1) is 0 Å². The van der Waals surface area contributed by atoms with E-state index in [9.17, 15) is 4.79 Å². The molecule has 1 atom stereocenters. The van der Waals surface area contributed by atoms with E-state index in [0.717, 1.165) is 12.7 Å². The molecule has 1 aliphatic rings. The van der Waals surface area contributed by atoms with Crippen molar-refractivity contribution in [3.8, 4) is 11.5 Å². The van der Waals surface area contributed by atoms with Crippen LogP contribution in [0.15, 0.2) is 18.2 Å². The summed E-state index contributed by atoms with van der Waals surface area (Å²) in [6.45, 7) is 1.29. The maximum atomic E-state index is 10.8. The van der Waals surface area contributed by atoms with Gasteiger partial charge in [0.2, 0.25) is 0 Å². The first kappa shape index (κ1) is 11.0. The summed E-state index contributed by atoms with van der Waals surface area (Å²) in [5, 5.41) is 0. The van der Waals surface area contributed by atoms with Crippen molar-refractivity contribution in [2.45, 2.75) is 12.5 Å². The van der Waals surface area contributed by atoms with Gasteiger partial charge in [0.15, 0.2) is 6.29 Å². The van der Waals surface area contributed by atoms with Crippen molar-refractivity contribution in [2.75, 3.05) is 20.3 Å². The lowest BCUT2D eigenvalue weighted by atomic mass is 10.2. The molecule has 1 fully saturated rings. The molecule has 0 saturated carbocycles. The molecule has 1 saturated heterocycles. The highest BCUT2D eigenvalue weighted by atomic mass is 16.5. The van der Waals surface area contributed by atoms with Gasteiger partial charge >= 0.3 is 0 Å². The van der Waals surface area contributed by atoms with Gasteiger partial charge in [-0.3, -0.25) is 4.79 Å². The Labute approximate surface area is 94.1 Å². The van der Waals surface area contributed by atoms with Crippen molar-refractivity contribution < 1.29 is 19.0 Å². The average molecular weight is 222 g/mol. The van der Waals surface area contributed by atoms with Crippen LogP contribution in [0.3, 0.4) is 0 Å². The van der Waals surface area contributed by atoms with Crippen LogP contribution in [0.25, 0.3) is 0 Å². The van der Waals surface area contributed by atoms with E-state index >= 15 is 0 Å². The molecule has 0 amide bonds. The lowest BCUT2D eigenvalue weighted by molar-refractivity contribution is 0.111. The Hall–Kier alpha value is -1.55. The number of hydrogen-bond donors (Lipinski definition) is 0. The number of rotatable bonds is 4. The number of benzene rings is 1. The highest BCUT2D eigenvalue weighted by Gasteiger charge is 2.18. The zero-order valence-electron chi connectivity index (χ0n) is 9.14. The molecular weight excluding hydrogens is 208 g/mol. The molecule has 0 N–H and O–H groups in total. The molecular formula is C12H14O4. The predicted octanol–water partition coefficient (Wildman–Crippen LogP) is 1.68. The molecule has 0 radical (unpaired) electrons. The third-order valence-corrected chi connectivity index (χ3v) is 2.53. The topological polar surface area (TPSA) is 44.8 Å². The summed E-state index contributed by atoms with van der Waals surface area (Å²) in [7, 11) is 1.58. The summed E-state index contributed by atoms with van der Waals surface area (Å²) < 4.78 is 16.0. The van der Waals surface area contributed by atoms with E-state index in [2.05, 4.69) is 0 Å². The largest absolute Gasteiger partial charge is 0.497 e. The Balaban J connectivity index is 2.18. The van der Waals surface area contributed by atoms with Crippen LogP contribution in [-0.2, 0) is 4.74 Å². The quantitative estimate of drug-likeness (QED) is 0.727. The van der Waals surface area contributed by atoms with Crippen molar-refractivity contribution in [3.05, 3.63) is 23.8 Å². The first-order chi connectivity index (χ1) is 7.83. The van der Waals surface area contributed by atoms with E-state index in [1.165, 1.54) is 0 Å². The first-order valence-electron chi connectivity index (χ1n) is 5.21. The van der Waals surface area contributed by atoms with Crippen LogP contribution < -0.4 is 9.47 Å². The van der Waals surface area contributed by atoms with E-state index in [1.807, 2.05) is 0 Å². The SMILES string of the molecule is COc1ccc(C=O)c(O[C@H]2CCOC2)c1. The van der Waals surface area contributed by atoms with Crippen LogP contribution in [0.4, 0.5) is 0 Å². The van der Waals surface area contributed by atoms with Crippen LogP contribution in [0.2, 0.25) is 0 Å². The van der Waals surface area contributed by atoms with Crippen LogP contribution in [0.1, 0.15) is 16.8 Å². The van der Waals surface area contributed by atoms with E-state index in [1.54, 1.807) is 25.3 Å². The Kier molecular flexibility index (Phi) is 3.41. The lowest BCUT2D eigenvalue weighted by Crippen LogP contribution is -2.16. The molecule has 2 rings (SSSR count). The van der Waals surface area contributed by atoms with Crippen molar-refractivity contribution in [1.29, 1.82) is 0 Å². The molecule has 1 aliphatic heterocycles. The van der Waals surface area contributed by atoms with Gasteiger partial charge in [-0.1, -0.05) is 0 Å². The van der Waals surface area contributed by atoms with Gasteiger partial charge in [-0.2, -0.15) is 0 Å². The van der Waals surface area contributed by atoms with Crippen molar-refractivity contribution >= 4 is 6.29 Å². The monoisotopic (exact) mass is 222 g/mol. The molecule has 1 heterocycles. The maximum Gasteiger partial charge on any atom is 0.153 e. The number of carbonyl (C=O) groups excluding carboxylic acids is 1. The molecule has 0 bridgehead atoms. The van der Waals surface area contributed by atoms with Gasteiger partial charge in [-0.25, -0.2) is 0 Å². The number of carbonyl (C=O) groups is 1.